The number of nitrogens with one attached hydrogen (secondary N) is 1. The summed E-state index contributed by atoms with van der Waals surface area (Å²) in [5, 5.41) is 11.9. The van der Waals surface area contributed by atoms with E-state index in [0.717, 1.165) is 12.8 Å². The van der Waals surface area contributed by atoms with Crippen LogP contribution in [0.4, 0.5) is 10.1 Å². The third kappa shape index (κ3) is 2.65. The predicted octanol–water partition coefficient (Wildman–Crippen LogP) is 3.44. The second kappa shape index (κ2) is 5.68. The van der Waals surface area contributed by atoms with Gasteiger partial charge >= 0.3 is 0 Å². The number of halogens is 2. The lowest BCUT2D eigenvalue weighted by atomic mass is 9.89. The molecule has 1 aromatic carbocycles. The van der Waals surface area contributed by atoms with Crippen molar-refractivity contribution in [3.63, 3.8) is 0 Å². The highest BCUT2D eigenvalue weighted by Gasteiger charge is 2.30. The van der Waals surface area contributed by atoms with Crippen LogP contribution in [0.3, 0.4) is 0 Å². The number of nitrogens with zero attached hydrogens (tertiary/aromatic N) is 1. The fourth-order valence-electron chi connectivity index (χ4n) is 2.02. The maximum absolute atomic E-state index is 13.9. The molecule has 1 aromatic rings. The van der Waals surface area contributed by atoms with Gasteiger partial charge in [0.25, 0.3) is 0 Å². The molecule has 0 radical (unpaired) electrons. The van der Waals surface area contributed by atoms with E-state index in [1.165, 1.54) is 0 Å². The summed E-state index contributed by atoms with van der Waals surface area (Å²) in [5.41, 5.74) is 0.736. The standard InChI is InChI=1S/C13H14BrFN2O/c1-2-18-10-5-9(6-10)17-11-4-3-8(7-16)12(14)13(11)15/h3-4,9-10,17H,2,5-6H2,1H3. The van der Waals surface area contributed by atoms with Crippen molar-refractivity contribution in [2.24, 2.45) is 0 Å². The second-order valence-corrected chi connectivity index (χ2v) is 5.08. The molecule has 0 amide bonds. The van der Waals surface area contributed by atoms with Crippen molar-refractivity contribution in [2.45, 2.75) is 31.9 Å². The third-order valence-electron chi connectivity index (χ3n) is 3.06. The molecule has 1 aliphatic carbocycles. The second-order valence-electron chi connectivity index (χ2n) is 4.29. The Labute approximate surface area is 114 Å². The molecule has 0 saturated heterocycles. The molecule has 0 spiro atoms. The van der Waals surface area contributed by atoms with Gasteiger partial charge in [0, 0.05) is 12.6 Å². The molecule has 5 heteroatoms. The van der Waals surface area contributed by atoms with Gasteiger partial charge in [-0.15, -0.1) is 0 Å². The van der Waals surface area contributed by atoms with Crippen LogP contribution in [-0.2, 0) is 4.74 Å². The SMILES string of the molecule is CCOC1CC(Nc2ccc(C#N)c(Br)c2F)C1. The lowest BCUT2D eigenvalue weighted by molar-refractivity contribution is 0.00293. The van der Waals surface area contributed by atoms with Gasteiger partial charge in [0.2, 0.25) is 0 Å². The molecule has 0 aromatic heterocycles. The smallest absolute Gasteiger partial charge is 0.161 e. The van der Waals surface area contributed by atoms with E-state index < -0.39 is 5.82 Å². The zero-order chi connectivity index (χ0) is 13.1. The van der Waals surface area contributed by atoms with Crippen molar-refractivity contribution in [3.8, 4) is 6.07 Å². The summed E-state index contributed by atoms with van der Waals surface area (Å²) in [7, 11) is 0. The van der Waals surface area contributed by atoms with Crippen molar-refractivity contribution in [1.82, 2.24) is 0 Å². The molecule has 0 aliphatic heterocycles. The number of anilines is 1. The van der Waals surface area contributed by atoms with Crippen LogP contribution < -0.4 is 5.32 Å². The Kier molecular flexibility index (Phi) is 4.20. The first-order chi connectivity index (χ1) is 8.65. The first-order valence-corrected chi connectivity index (χ1v) is 6.71. The Morgan fingerprint density at radius 3 is 2.89 bits per heavy atom. The average molecular weight is 313 g/mol. The predicted molar refractivity (Wildman–Crippen MR) is 70.9 cm³/mol. The number of nitriles is 1. The molecule has 0 atom stereocenters. The Morgan fingerprint density at radius 2 is 2.28 bits per heavy atom. The summed E-state index contributed by atoms with van der Waals surface area (Å²) >= 11 is 3.10. The van der Waals surface area contributed by atoms with E-state index in [-0.39, 0.29) is 16.6 Å². The molecule has 1 saturated carbocycles. The zero-order valence-electron chi connectivity index (χ0n) is 10.0. The number of rotatable bonds is 4. The zero-order valence-corrected chi connectivity index (χ0v) is 11.6. The Hall–Kier alpha value is -1.12. The molecule has 96 valence electrons. The van der Waals surface area contributed by atoms with Crippen LogP contribution in [0.15, 0.2) is 16.6 Å². The molecule has 0 bridgehead atoms. The van der Waals surface area contributed by atoms with Crippen molar-refractivity contribution >= 4 is 21.6 Å². The highest BCUT2D eigenvalue weighted by molar-refractivity contribution is 9.10. The van der Waals surface area contributed by atoms with Gasteiger partial charge in [-0.25, -0.2) is 4.39 Å². The molecular formula is C13H14BrFN2O. The molecule has 18 heavy (non-hydrogen) atoms. The topological polar surface area (TPSA) is 45.0 Å². The fourth-order valence-corrected chi connectivity index (χ4v) is 2.46. The molecule has 0 unspecified atom stereocenters. The lowest BCUT2D eigenvalue weighted by Crippen LogP contribution is -2.41. The quantitative estimate of drug-likeness (QED) is 0.926. The van der Waals surface area contributed by atoms with Crippen LogP contribution in [0.5, 0.6) is 0 Å². The normalized spacial score (nSPS) is 22.1. The maximum Gasteiger partial charge on any atom is 0.161 e. The van der Waals surface area contributed by atoms with E-state index in [1.807, 2.05) is 13.0 Å². The summed E-state index contributed by atoms with van der Waals surface area (Å²) in [6.07, 6.45) is 2.08. The Morgan fingerprint density at radius 1 is 1.56 bits per heavy atom. The van der Waals surface area contributed by atoms with E-state index in [9.17, 15) is 4.39 Å². The van der Waals surface area contributed by atoms with Gasteiger partial charge in [-0.3, -0.25) is 0 Å². The van der Waals surface area contributed by atoms with E-state index in [2.05, 4.69) is 21.2 Å². The van der Waals surface area contributed by atoms with Crippen LogP contribution in [0.1, 0.15) is 25.3 Å². The van der Waals surface area contributed by atoms with E-state index in [4.69, 9.17) is 10.00 Å². The van der Waals surface area contributed by atoms with Gasteiger partial charge in [-0.1, -0.05) is 0 Å². The third-order valence-corrected chi connectivity index (χ3v) is 3.83. The summed E-state index contributed by atoms with van der Waals surface area (Å²) in [6, 6.07) is 5.39. The van der Waals surface area contributed by atoms with E-state index >= 15 is 0 Å². The highest BCUT2D eigenvalue weighted by atomic mass is 79.9. The Balaban J connectivity index is 2.00. The number of hydrogen-bond donors (Lipinski definition) is 1. The Bertz CT molecular complexity index is 481. The van der Waals surface area contributed by atoms with Gasteiger partial charge in [-0.2, -0.15) is 5.26 Å². The number of benzene rings is 1. The minimum absolute atomic E-state index is 0.218. The van der Waals surface area contributed by atoms with Crippen LogP contribution in [0, 0.1) is 17.1 Å². The summed E-state index contributed by atoms with van der Waals surface area (Å²) in [4.78, 5) is 0. The maximum atomic E-state index is 13.9. The van der Waals surface area contributed by atoms with Gasteiger partial charge in [-0.05, 0) is 47.8 Å². The molecule has 3 nitrogen and oxygen atoms in total. The van der Waals surface area contributed by atoms with E-state index in [1.54, 1.807) is 12.1 Å². The average Bonchev–Trinajstić information content (AvgIpc) is 2.32. The van der Waals surface area contributed by atoms with Gasteiger partial charge in [0.1, 0.15) is 6.07 Å². The van der Waals surface area contributed by atoms with Crippen LogP contribution in [-0.4, -0.2) is 18.8 Å². The summed E-state index contributed by atoms with van der Waals surface area (Å²) in [6.45, 7) is 2.69. The lowest BCUT2D eigenvalue weighted by Gasteiger charge is -2.36. The van der Waals surface area contributed by atoms with Crippen molar-refractivity contribution < 1.29 is 9.13 Å². The van der Waals surface area contributed by atoms with Crippen LogP contribution in [0.25, 0.3) is 0 Å². The molecule has 0 heterocycles. The van der Waals surface area contributed by atoms with Crippen LogP contribution >= 0.6 is 15.9 Å². The molecular weight excluding hydrogens is 299 g/mol. The van der Waals surface area contributed by atoms with Crippen molar-refractivity contribution in [2.75, 3.05) is 11.9 Å². The number of ether oxygens (including phenoxy) is 1. The highest BCUT2D eigenvalue weighted by Crippen LogP contribution is 2.31. The van der Waals surface area contributed by atoms with Crippen molar-refractivity contribution in [1.29, 1.82) is 5.26 Å². The molecule has 2 rings (SSSR count). The molecule has 1 N–H and O–H groups in total. The number of hydrogen-bond acceptors (Lipinski definition) is 3. The summed E-state index contributed by atoms with van der Waals surface area (Å²) < 4.78 is 19.6. The van der Waals surface area contributed by atoms with Gasteiger partial charge in [0.05, 0.1) is 21.8 Å². The van der Waals surface area contributed by atoms with E-state index in [0.29, 0.717) is 17.9 Å². The van der Waals surface area contributed by atoms with Crippen molar-refractivity contribution in [3.05, 3.63) is 28.0 Å². The minimum atomic E-state index is -0.408. The fraction of sp³-hybridized carbons (Fsp3) is 0.462. The monoisotopic (exact) mass is 312 g/mol. The first-order valence-electron chi connectivity index (χ1n) is 5.92. The molecule has 1 aliphatic rings. The summed E-state index contributed by atoms with van der Waals surface area (Å²) in [5.74, 6) is -0.408. The van der Waals surface area contributed by atoms with Crippen LogP contribution in [0.2, 0.25) is 0 Å². The minimum Gasteiger partial charge on any atom is -0.380 e. The molecule has 1 fully saturated rings. The first kappa shape index (κ1) is 13.3. The largest absolute Gasteiger partial charge is 0.380 e. The van der Waals surface area contributed by atoms with Gasteiger partial charge < -0.3 is 10.1 Å². The van der Waals surface area contributed by atoms with Gasteiger partial charge in [0.15, 0.2) is 5.82 Å².